The van der Waals surface area contributed by atoms with Crippen LogP contribution in [0.4, 0.5) is 0 Å². The molecule has 0 unspecified atom stereocenters. The quantitative estimate of drug-likeness (QED) is 0.745. The average molecular weight is 301 g/mol. The molecule has 0 aliphatic carbocycles. The first kappa shape index (κ1) is 13.8. The molecule has 0 saturated carbocycles. The van der Waals surface area contributed by atoms with Gasteiger partial charge in [0.15, 0.2) is 9.84 Å². The topological polar surface area (TPSA) is 64.3 Å². The van der Waals surface area contributed by atoms with E-state index in [0.717, 1.165) is 11.3 Å². The molecule has 108 valence electrons. The molecule has 0 atom stereocenters. The lowest BCUT2D eigenvalue weighted by Crippen LogP contribution is -2.05. The number of imidazole rings is 1. The maximum absolute atomic E-state index is 12.2. The summed E-state index contributed by atoms with van der Waals surface area (Å²) in [6, 6.07) is 7.00. The summed E-state index contributed by atoms with van der Waals surface area (Å²) in [6.45, 7) is 3.54. The van der Waals surface area contributed by atoms with Gasteiger partial charge in [0.05, 0.1) is 16.3 Å². The predicted molar refractivity (Wildman–Crippen MR) is 80.9 cm³/mol. The minimum Gasteiger partial charge on any atom is -0.290 e. The van der Waals surface area contributed by atoms with Crippen LogP contribution in [-0.4, -0.2) is 28.5 Å². The molecule has 0 aliphatic heterocycles. The maximum Gasteiger partial charge on any atom is 0.233 e. The Morgan fingerprint density at radius 1 is 1.19 bits per heavy atom. The number of nitrogens with zero attached hydrogens (tertiary/aromatic N) is 3. The first-order chi connectivity index (χ1) is 10.0. The Balaban J connectivity index is 2.23. The van der Waals surface area contributed by atoms with Crippen LogP contribution < -0.4 is 0 Å². The van der Waals surface area contributed by atoms with Crippen molar-refractivity contribution in [2.24, 2.45) is 0 Å². The van der Waals surface area contributed by atoms with Gasteiger partial charge in [-0.2, -0.15) is 0 Å². The van der Waals surface area contributed by atoms with Crippen molar-refractivity contribution in [2.75, 3.05) is 5.75 Å². The van der Waals surface area contributed by atoms with Crippen molar-refractivity contribution < 1.29 is 8.42 Å². The van der Waals surface area contributed by atoms with Gasteiger partial charge in [-0.3, -0.25) is 4.40 Å². The minimum absolute atomic E-state index is 0.0733. The van der Waals surface area contributed by atoms with Crippen LogP contribution in [0, 0.1) is 6.92 Å². The largest absolute Gasteiger partial charge is 0.290 e. The Hall–Kier alpha value is -2.21. The third-order valence-electron chi connectivity index (χ3n) is 3.34. The summed E-state index contributed by atoms with van der Waals surface area (Å²) in [7, 11) is -3.28. The molecule has 0 radical (unpaired) electrons. The number of sulfone groups is 1. The van der Waals surface area contributed by atoms with Gasteiger partial charge in [-0.25, -0.2) is 18.4 Å². The maximum atomic E-state index is 12.2. The van der Waals surface area contributed by atoms with Crippen LogP contribution in [0.25, 0.3) is 16.9 Å². The first-order valence-electron chi connectivity index (χ1n) is 6.65. The van der Waals surface area contributed by atoms with Gasteiger partial charge in [0.1, 0.15) is 0 Å². The van der Waals surface area contributed by atoms with E-state index in [1.54, 1.807) is 35.7 Å². The number of aromatic nitrogens is 3. The molecule has 1 aromatic carbocycles. The molecule has 0 aliphatic rings. The molecule has 3 rings (SSSR count). The summed E-state index contributed by atoms with van der Waals surface area (Å²) < 4.78 is 26.3. The molecule has 6 heteroatoms. The second kappa shape index (κ2) is 4.96. The van der Waals surface area contributed by atoms with Gasteiger partial charge in [-0.15, -0.1) is 0 Å². The third-order valence-corrected chi connectivity index (χ3v) is 5.13. The van der Waals surface area contributed by atoms with Crippen LogP contribution in [0.5, 0.6) is 0 Å². The Morgan fingerprint density at radius 3 is 2.71 bits per heavy atom. The average Bonchev–Trinajstić information content (AvgIpc) is 2.86. The number of rotatable bonds is 3. The number of aryl methyl sites for hydroxylation is 1. The van der Waals surface area contributed by atoms with Crippen molar-refractivity contribution in [3.05, 3.63) is 48.5 Å². The van der Waals surface area contributed by atoms with Crippen LogP contribution in [0.1, 0.15) is 12.6 Å². The highest BCUT2D eigenvalue weighted by Gasteiger charge is 2.17. The van der Waals surface area contributed by atoms with E-state index in [1.807, 2.05) is 25.4 Å². The third kappa shape index (κ3) is 2.42. The lowest BCUT2D eigenvalue weighted by molar-refractivity contribution is 0.597. The summed E-state index contributed by atoms with van der Waals surface area (Å²) in [6.07, 6.45) is 5.38. The van der Waals surface area contributed by atoms with Crippen LogP contribution in [-0.2, 0) is 9.84 Å². The van der Waals surface area contributed by atoms with Crippen LogP contribution in [0.15, 0.2) is 47.8 Å². The first-order valence-corrected chi connectivity index (χ1v) is 8.30. The summed E-state index contributed by atoms with van der Waals surface area (Å²) >= 11 is 0. The zero-order valence-electron chi connectivity index (χ0n) is 11.8. The predicted octanol–water partition coefficient (Wildman–Crippen LogP) is 2.50. The number of fused-ring (bicyclic) bond motifs is 1. The lowest BCUT2D eigenvalue weighted by atomic mass is 10.1. The second-order valence-electron chi connectivity index (χ2n) is 4.83. The highest BCUT2D eigenvalue weighted by atomic mass is 32.2. The van der Waals surface area contributed by atoms with Crippen LogP contribution in [0.2, 0.25) is 0 Å². The fraction of sp³-hybridized carbons (Fsp3) is 0.200. The Bertz CT molecular complexity index is 914. The van der Waals surface area contributed by atoms with Gasteiger partial charge in [-0.05, 0) is 13.0 Å². The van der Waals surface area contributed by atoms with E-state index in [9.17, 15) is 8.42 Å². The molecule has 0 saturated heterocycles. The molecule has 0 fully saturated rings. The lowest BCUT2D eigenvalue weighted by Gasteiger charge is -2.09. The van der Waals surface area contributed by atoms with Crippen molar-refractivity contribution in [1.82, 2.24) is 14.4 Å². The fourth-order valence-corrected chi connectivity index (χ4v) is 3.39. The molecule has 21 heavy (non-hydrogen) atoms. The molecule has 0 N–H and O–H groups in total. The van der Waals surface area contributed by atoms with Gasteiger partial charge in [0.25, 0.3) is 0 Å². The van der Waals surface area contributed by atoms with E-state index in [4.69, 9.17) is 0 Å². The van der Waals surface area contributed by atoms with Crippen molar-refractivity contribution >= 4 is 15.6 Å². The SMILES string of the molecule is CCS(=O)(=O)c1ccccc1-c1cnc2nc(C)cn2c1. The Morgan fingerprint density at radius 2 is 1.95 bits per heavy atom. The van der Waals surface area contributed by atoms with E-state index < -0.39 is 9.84 Å². The number of hydrogen-bond donors (Lipinski definition) is 0. The molecular weight excluding hydrogens is 286 g/mol. The van der Waals surface area contributed by atoms with Gasteiger partial charge >= 0.3 is 0 Å². The van der Waals surface area contributed by atoms with E-state index in [2.05, 4.69) is 9.97 Å². The normalized spacial score (nSPS) is 11.9. The smallest absolute Gasteiger partial charge is 0.233 e. The molecule has 2 aromatic heterocycles. The minimum atomic E-state index is -3.28. The van der Waals surface area contributed by atoms with Crippen molar-refractivity contribution in [3.8, 4) is 11.1 Å². The van der Waals surface area contributed by atoms with Gasteiger partial charge < -0.3 is 0 Å². The zero-order chi connectivity index (χ0) is 15.0. The standard InChI is InChI=1S/C15H15N3O2S/c1-3-21(19,20)14-7-5-4-6-13(14)12-8-16-15-17-11(2)9-18(15)10-12/h4-10H,3H2,1-2H3. The van der Waals surface area contributed by atoms with Crippen molar-refractivity contribution in [1.29, 1.82) is 0 Å². The molecule has 0 bridgehead atoms. The monoisotopic (exact) mass is 301 g/mol. The van der Waals surface area contributed by atoms with E-state index in [-0.39, 0.29) is 5.75 Å². The van der Waals surface area contributed by atoms with E-state index in [1.165, 1.54) is 0 Å². The van der Waals surface area contributed by atoms with Gasteiger partial charge in [-0.1, -0.05) is 25.1 Å². The van der Waals surface area contributed by atoms with E-state index in [0.29, 0.717) is 16.2 Å². The highest BCUT2D eigenvalue weighted by Crippen LogP contribution is 2.27. The van der Waals surface area contributed by atoms with E-state index >= 15 is 0 Å². The van der Waals surface area contributed by atoms with Gasteiger partial charge in [0.2, 0.25) is 5.78 Å². The van der Waals surface area contributed by atoms with Crippen molar-refractivity contribution in [2.45, 2.75) is 18.7 Å². The Kier molecular flexibility index (Phi) is 3.25. The van der Waals surface area contributed by atoms with Crippen LogP contribution >= 0.6 is 0 Å². The summed E-state index contributed by atoms with van der Waals surface area (Å²) in [5.74, 6) is 0.677. The number of benzene rings is 1. The molecule has 0 amide bonds. The molecule has 2 heterocycles. The molecule has 0 spiro atoms. The molecule has 5 nitrogen and oxygen atoms in total. The summed E-state index contributed by atoms with van der Waals surface area (Å²) in [5.41, 5.74) is 2.29. The van der Waals surface area contributed by atoms with Crippen LogP contribution in [0.3, 0.4) is 0 Å². The number of hydrogen-bond acceptors (Lipinski definition) is 4. The molecular formula is C15H15N3O2S. The zero-order valence-corrected chi connectivity index (χ0v) is 12.6. The summed E-state index contributed by atoms with van der Waals surface area (Å²) in [5, 5.41) is 0. The van der Waals surface area contributed by atoms with Gasteiger partial charge in [0, 0.05) is 29.7 Å². The fourth-order valence-electron chi connectivity index (χ4n) is 2.28. The Labute approximate surface area is 123 Å². The summed E-state index contributed by atoms with van der Waals surface area (Å²) in [4.78, 5) is 8.89. The molecule has 3 aromatic rings. The highest BCUT2D eigenvalue weighted by molar-refractivity contribution is 7.91. The second-order valence-corrected chi connectivity index (χ2v) is 7.08. The van der Waals surface area contributed by atoms with Crippen molar-refractivity contribution in [3.63, 3.8) is 0 Å².